The molecule has 7 nitrogen and oxygen atoms in total. The monoisotopic (exact) mass is 282 g/mol. The second kappa shape index (κ2) is 5.65. The van der Waals surface area contributed by atoms with Crippen molar-refractivity contribution in [3.63, 3.8) is 0 Å². The standard InChI is InChI=1S/C8H4Cl2O7/c9-1-3(11)15-5-6(16-4(12)2-10)8(14)17-7(5)13/h1-2H2. The molecule has 0 aromatic heterocycles. The van der Waals surface area contributed by atoms with E-state index >= 15 is 0 Å². The molecule has 0 unspecified atom stereocenters. The van der Waals surface area contributed by atoms with Gasteiger partial charge in [-0.3, -0.25) is 9.59 Å². The molecule has 0 radical (unpaired) electrons. The van der Waals surface area contributed by atoms with Crippen molar-refractivity contribution in [2.24, 2.45) is 0 Å². The van der Waals surface area contributed by atoms with Crippen LogP contribution in [0.2, 0.25) is 0 Å². The van der Waals surface area contributed by atoms with Gasteiger partial charge in [-0.25, -0.2) is 9.59 Å². The molecule has 0 bridgehead atoms. The van der Waals surface area contributed by atoms with Gasteiger partial charge in [-0.2, -0.15) is 0 Å². The molecule has 0 aromatic carbocycles. The lowest BCUT2D eigenvalue weighted by Gasteiger charge is -2.01. The predicted octanol–water partition coefficient (Wildman–Crippen LogP) is -0.155. The second-order valence-electron chi connectivity index (χ2n) is 2.55. The fraction of sp³-hybridized carbons (Fsp3) is 0.250. The highest BCUT2D eigenvalue weighted by Crippen LogP contribution is 2.20. The predicted molar refractivity (Wildman–Crippen MR) is 51.7 cm³/mol. The number of cyclic esters (lactones) is 2. The minimum Gasteiger partial charge on any atom is -0.413 e. The lowest BCUT2D eigenvalue weighted by Crippen LogP contribution is -2.14. The van der Waals surface area contributed by atoms with E-state index in [4.69, 9.17) is 23.2 Å². The van der Waals surface area contributed by atoms with Crippen LogP contribution >= 0.6 is 23.2 Å². The lowest BCUT2D eigenvalue weighted by atomic mass is 10.4. The largest absolute Gasteiger partial charge is 0.413 e. The number of hydrogen-bond acceptors (Lipinski definition) is 7. The van der Waals surface area contributed by atoms with Gasteiger partial charge in [-0.1, -0.05) is 0 Å². The third kappa shape index (κ3) is 3.18. The molecule has 0 aliphatic carbocycles. The Bertz CT molecular complexity index is 388. The van der Waals surface area contributed by atoms with E-state index in [9.17, 15) is 19.2 Å². The highest BCUT2D eigenvalue weighted by molar-refractivity contribution is 6.27. The average Bonchev–Trinajstić information content (AvgIpc) is 2.55. The molecule has 0 amide bonds. The summed E-state index contributed by atoms with van der Waals surface area (Å²) < 4.78 is 12.9. The number of esters is 4. The Labute approximate surface area is 104 Å². The van der Waals surface area contributed by atoms with E-state index < -0.39 is 47.2 Å². The number of alkyl halides is 2. The van der Waals surface area contributed by atoms with Crippen molar-refractivity contribution < 1.29 is 33.4 Å². The summed E-state index contributed by atoms with van der Waals surface area (Å²) >= 11 is 10.3. The molecule has 0 aromatic rings. The molecule has 0 fully saturated rings. The minimum absolute atomic E-state index is 0.554. The number of carbonyl (C=O) groups excluding carboxylic acids is 4. The Hall–Kier alpha value is -1.60. The molecule has 1 aliphatic heterocycles. The maximum atomic E-state index is 11.1. The zero-order chi connectivity index (χ0) is 13.0. The third-order valence-corrected chi connectivity index (χ3v) is 1.85. The number of halogens is 2. The summed E-state index contributed by atoms with van der Waals surface area (Å²) in [5.74, 6) is -7.25. The van der Waals surface area contributed by atoms with Crippen LogP contribution in [-0.2, 0) is 33.4 Å². The van der Waals surface area contributed by atoms with Gasteiger partial charge in [0.2, 0.25) is 0 Å². The smallest absolute Gasteiger partial charge is 0.386 e. The molecule has 0 spiro atoms. The van der Waals surface area contributed by atoms with Crippen LogP contribution in [0.5, 0.6) is 0 Å². The first-order valence-corrected chi connectivity index (χ1v) is 5.10. The Balaban J connectivity index is 2.96. The van der Waals surface area contributed by atoms with E-state index in [1.54, 1.807) is 0 Å². The molecular formula is C8H4Cl2O7. The van der Waals surface area contributed by atoms with Gasteiger partial charge in [0.25, 0.3) is 11.5 Å². The summed E-state index contributed by atoms with van der Waals surface area (Å²) in [6, 6.07) is 0. The summed E-state index contributed by atoms with van der Waals surface area (Å²) in [7, 11) is 0. The Morgan fingerprint density at radius 3 is 1.59 bits per heavy atom. The van der Waals surface area contributed by atoms with Gasteiger partial charge in [0.15, 0.2) is 0 Å². The fourth-order valence-corrected chi connectivity index (χ4v) is 0.930. The van der Waals surface area contributed by atoms with E-state index in [0.717, 1.165) is 0 Å². The van der Waals surface area contributed by atoms with Gasteiger partial charge < -0.3 is 14.2 Å². The highest BCUT2D eigenvalue weighted by Gasteiger charge is 2.39. The van der Waals surface area contributed by atoms with Crippen molar-refractivity contribution in [3.05, 3.63) is 11.5 Å². The molecule has 17 heavy (non-hydrogen) atoms. The van der Waals surface area contributed by atoms with Crippen LogP contribution in [0.4, 0.5) is 0 Å². The zero-order valence-electron chi connectivity index (χ0n) is 8.03. The molecular weight excluding hydrogens is 279 g/mol. The first-order valence-electron chi connectivity index (χ1n) is 4.03. The van der Waals surface area contributed by atoms with Crippen molar-refractivity contribution in [1.82, 2.24) is 0 Å². The molecule has 1 rings (SSSR count). The van der Waals surface area contributed by atoms with Crippen LogP contribution < -0.4 is 0 Å². The molecule has 1 aliphatic rings. The summed E-state index contributed by atoms with van der Waals surface area (Å²) in [5, 5.41) is 0. The maximum Gasteiger partial charge on any atom is 0.386 e. The number of ether oxygens (including phenoxy) is 3. The number of rotatable bonds is 4. The van der Waals surface area contributed by atoms with Crippen molar-refractivity contribution >= 4 is 47.1 Å². The molecule has 1 heterocycles. The van der Waals surface area contributed by atoms with Crippen LogP contribution in [0.25, 0.3) is 0 Å². The topological polar surface area (TPSA) is 96.0 Å². The molecule has 9 heteroatoms. The molecule has 92 valence electrons. The molecule has 0 atom stereocenters. The van der Waals surface area contributed by atoms with E-state index in [-0.39, 0.29) is 0 Å². The Kier molecular flexibility index (Phi) is 4.47. The molecule has 0 N–H and O–H groups in total. The third-order valence-electron chi connectivity index (χ3n) is 1.41. The van der Waals surface area contributed by atoms with Gasteiger partial charge in [-0.15, -0.1) is 23.2 Å². The minimum atomic E-state index is -1.24. The van der Waals surface area contributed by atoms with E-state index in [2.05, 4.69) is 14.2 Å². The molecule has 0 saturated carbocycles. The van der Waals surface area contributed by atoms with Crippen LogP contribution in [0.1, 0.15) is 0 Å². The summed E-state index contributed by atoms with van der Waals surface area (Å²) in [6.07, 6.45) is 0. The fourth-order valence-electron chi connectivity index (χ4n) is 0.821. The van der Waals surface area contributed by atoms with Crippen LogP contribution in [0, 0.1) is 0 Å². The van der Waals surface area contributed by atoms with Crippen LogP contribution in [-0.4, -0.2) is 35.6 Å². The van der Waals surface area contributed by atoms with Crippen molar-refractivity contribution in [1.29, 1.82) is 0 Å². The van der Waals surface area contributed by atoms with Crippen LogP contribution in [0.3, 0.4) is 0 Å². The first-order chi connectivity index (χ1) is 7.99. The van der Waals surface area contributed by atoms with Gasteiger partial charge in [0, 0.05) is 0 Å². The highest BCUT2D eigenvalue weighted by atomic mass is 35.5. The summed E-state index contributed by atoms with van der Waals surface area (Å²) in [5.41, 5.74) is 0. The average molecular weight is 283 g/mol. The van der Waals surface area contributed by atoms with Crippen molar-refractivity contribution in [2.75, 3.05) is 11.8 Å². The van der Waals surface area contributed by atoms with Crippen molar-refractivity contribution in [2.45, 2.75) is 0 Å². The maximum absolute atomic E-state index is 11.1. The van der Waals surface area contributed by atoms with Gasteiger partial charge >= 0.3 is 23.9 Å². The van der Waals surface area contributed by atoms with Gasteiger partial charge in [-0.05, 0) is 0 Å². The van der Waals surface area contributed by atoms with Gasteiger partial charge in [0.1, 0.15) is 11.8 Å². The van der Waals surface area contributed by atoms with Crippen LogP contribution in [0.15, 0.2) is 11.5 Å². The first kappa shape index (κ1) is 13.5. The quantitative estimate of drug-likeness (QED) is 0.306. The normalized spacial score (nSPS) is 14.7. The Morgan fingerprint density at radius 2 is 1.29 bits per heavy atom. The summed E-state index contributed by atoms with van der Waals surface area (Å²) in [6.45, 7) is 0. The Morgan fingerprint density at radius 1 is 0.941 bits per heavy atom. The van der Waals surface area contributed by atoms with E-state index in [1.807, 2.05) is 0 Å². The van der Waals surface area contributed by atoms with Gasteiger partial charge in [0.05, 0.1) is 0 Å². The molecule has 0 saturated heterocycles. The number of carbonyl (C=O) groups is 4. The van der Waals surface area contributed by atoms with Crippen molar-refractivity contribution in [3.8, 4) is 0 Å². The lowest BCUT2D eigenvalue weighted by molar-refractivity contribution is -0.157. The zero-order valence-corrected chi connectivity index (χ0v) is 9.54. The van der Waals surface area contributed by atoms with E-state index in [1.165, 1.54) is 0 Å². The van der Waals surface area contributed by atoms with E-state index in [0.29, 0.717) is 0 Å². The summed E-state index contributed by atoms with van der Waals surface area (Å²) in [4.78, 5) is 43.8. The second-order valence-corrected chi connectivity index (χ2v) is 3.09. The number of hydrogen-bond donors (Lipinski definition) is 0. The SMILES string of the molecule is O=C(CCl)OC1=C(OC(=O)CCl)C(=O)OC1=O.